The lowest BCUT2D eigenvalue weighted by molar-refractivity contribution is -0.139. The monoisotopic (exact) mass is 330 g/mol. The number of piperidine rings is 2. The van der Waals surface area contributed by atoms with E-state index in [2.05, 4.69) is 26.3 Å². The molecule has 2 aliphatic heterocycles. The van der Waals surface area contributed by atoms with Crippen molar-refractivity contribution in [3.05, 3.63) is 18.2 Å². The van der Waals surface area contributed by atoms with Crippen LogP contribution in [0.1, 0.15) is 51.1 Å². The van der Waals surface area contributed by atoms with Crippen molar-refractivity contribution in [2.24, 2.45) is 11.3 Å². The van der Waals surface area contributed by atoms with Crippen LogP contribution in [0.4, 0.5) is 0 Å². The van der Waals surface area contributed by atoms with Crippen molar-refractivity contribution in [3.8, 4) is 0 Å². The predicted octanol–water partition coefficient (Wildman–Crippen LogP) is 2.52. The zero-order valence-corrected chi connectivity index (χ0v) is 14.9. The van der Waals surface area contributed by atoms with Gasteiger partial charge < -0.3 is 9.47 Å². The zero-order valence-electron chi connectivity index (χ0n) is 14.9. The Morgan fingerprint density at radius 1 is 1.25 bits per heavy atom. The lowest BCUT2D eigenvalue weighted by Gasteiger charge is -2.47. The van der Waals surface area contributed by atoms with Crippen LogP contribution in [0, 0.1) is 11.3 Å². The van der Waals surface area contributed by atoms with Crippen molar-refractivity contribution in [3.63, 3.8) is 0 Å². The van der Waals surface area contributed by atoms with E-state index in [1.165, 1.54) is 31.4 Å². The van der Waals surface area contributed by atoms with Crippen molar-refractivity contribution >= 4 is 5.91 Å². The Morgan fingerprint density at radius 2 is 2.04 bits per heavy atom. The van der Waals surface area contributed by atoms with E-state index in [1.54, 1.807) is 0 Å². The molecular formula is C19H30N4O. The summed E-state index contributed by atoms with van der Waals surface area (Å²) in [5.41, 5.74) is 1.72. The topological polar surface area (TPSA) is 41.4 Å². The van der Waals surface area contributed by atoms with Crippen LogP contribution in [0.2, 0.25) is 0 Å². The SMILES string of the molecule is CCn1cncc1CN1CCC2(CCC(=O)N(CC3CC3)C2)CC1. The van der Waals surface area contributed by atoms with Gasteiger partial charge in [-0.1, -0.05) is 0 Å². The second-order valence-electron chi connectivity index (χ2n) is 8.16. The average Bonchev–Trinajstić information content (AvgIpc) is 3.30. The van der Waals surface area contributed by atoms with Gasteiger partial charge in [0.2, 0.25) is 5.91 Å². The molecule has 3 heterocycles. The second kappa shape index (κ2) is 6.51. The molecule has 1 aromatic rings. The third-order valence-corrected chi connectivity index (χ3v) is 6.37. The molecule has 0 bridgehead atoms. The van der Waals surface area contributed by atoms with Gasteiger partial charge in [-0.2, -0.15) is 0 Å². The first-order chi connectivity index (χ1) is 11.7. The number of hydrogen-bond acceptors (Lipinski definition) is 3. The van der Waals surface area contributed by atoms with Gasteiger partial charge in [0, 0.05) is 38.8 Å². The Hall–Kier alpha value is -1.36. The Kier molecular flexibility index (Phi) is 4.37. The first-order valence-electron chi connectivity index (χ1n) is 9.67. The van der Waals surface area contributed by atoms with E-state index >= 15 is 0 Å². The van der Waals surface area contributed by atoms with Crippen LogP contribution in [0.3, 0.4) is 0 Å². The quantitative estimate of drug-likeness (QED) is 0.833. The number of rotatable bonds is 5. The molecule has 3 aliphatic rings. The number of carbonyl (C=O) groups is 1. The summed E-state index contributed by atoms with van der Waals surface area (Å²) < 4.78 is 2.24. The maximum atomic E-state index is 12.2. The highest BCUT2D eigenvalue weighted by Crippen LogP contribution is 2.42. The van der Waals surface area contributed by atoms with Gasteiger partial charge in [-0.15, -0.1) is 0 Å². The molecule has 4 rings (SSSR count). The van der Waals surface area contributed by atoms with Gasteiger partial charge in [-0.3, -0.25) is 9.69 Å². The highest BCUT2D eigenvalue weighted by molar-refractivity contribution is 5.77. The van der Waals surface area contributed by atoms with Gasteiger partial charge in [0.1, 0.15) is 0 Å². The summed E-state index contributed by atoms with van der Waals surface area (Å²) in [4.78, 5) is 21.3. The summed E-state index contributed by atoms with van der Waals surface area (Å²) in [7, 11) is 0. The molecule has 3 fully saturated rings. The fourth-order valence-corrected chi connectivity index (χ4v) is 4.47. The second-order valence-corrected chi connectivity index (χ2v) is 8.16. The molecule has 0 atom stereocenters. The number of amides is 1. The van der Waals surface area contributed by atoms with Crippen molar-refractivity contribution < 1.29 is 4.79 Å². The Balaban J connectivity index is 1.33. The Labute approximate surface area is 145 Å². The van der Waals surface area contributed by atoms with Crippen LogP contribution in [0.5, 0.6) is 0 Å². The molecular weight excluding hydrogens is 300 g/mol. The Bertz CT molecular complexity index is 584. The van der Waals surface area contributed by atoms with E-state index in [0.717, 1.165) is 58.0 Å². The molecule has 1 saturated carbocycles. The molecule has 1 amide bonds. The Morgan fingerprint density at radius 3 is 2.75 bits per heavy atom. The molecule has 1 aliphatic carbocycles. The maximum absolute atomic E-state index is 12.2. The van der Waals surface area contributed by atoms with Gasteiger partial charge in [-0.05, 0) is 63.5 Å². The third-order valence-electron chi connectivity index (χ3n) is 6.37. The van der Waals surface area contributed by atoms with Gasteiger partial charge in [0.25, 0.3) is 0 Å². The van der Waals surface area contributed by atoms with Crippen molar-refractivity contribution in [2.75, 3.05) is 26.2 Å². The number of likely N-dealkylation sites (tertiary alicyclic amines) is 2. The number of aromatic nitrogens is 2. The molecule has 1 aromatic heterocycles. The summed E-state index contributed by atoms with van der Waals surface area (Å²) in [6.07, 6.45) is 11.0. The van der Waals surface area contributed by atoms with Gasteiger partial charge in [-0.25, -0.2) is 4.98 Å². The first-order valence-corrected chi connectivity index (χ1v) is 9.67. The zero-order chi connectivity index (χ0) is 16.6. The van der Waals surface area contributed by atoms with Crippen LogP contribution in [0.15, 0.2) is 12.5 Å². The fraction of sp³-hybridized carbons (Fsp3) is 0.789. The number of aryl methyl sites for hydroxylation is 1. The minimum absolute atomic E-state index is 0.393. The number of nitrogens with zero attached hydrogens (tertiary/aromatic N) is 4. The van der Waals surface area contributed by atoms with E-state index in [-0.39, 0.29) is 0 Å². The van der Waals surface area contributed by atoms with Gasteiger partial charge in [0.05, 0.1) is 12.0 Å². The van der Waals surface area contributed by atoms with Crippen LogP contribution < -0.4 is 0 Å². The normalized spacial score (nSPS) is 24.7. The molecule has 2 saturated heterocycles. The van der Waals surface area contributed by atoms with E-state index < -0.39 is 0 Å². The fourth-order valence-electron chi connectivity index (χ4n) is 4.47. The summed E-state index contributed by atoms with van der Waals surface area (Å²) in [6.45, 7) is 8.52. The summed E-state index contributed by atoms with van der Waals surface area (Å²) in [6, 6.07) is 0. The minimum atomic E-state index is 0.393. The van der Waals surface area contributed by atoms with E-state index in [4.69, 9.17) is 0 Å². The molecule has 0 aromatic carbocycles. The van der Waals surface area contributed by atoms with E-state index in [1.807, 2.05) is 12.5 Å². The highest BCUT2D eigenvalue weighted by atomic mass is 16.2. The molecule has 0 radical (unpaired) electrons. The third kappa shape index (κ3) is 3.37. The van der Waals surface area contributed by atoms with Gasteiger partial charge in [0.15, 0.2) is 0 Å². The van der Waals surface area contributed by atoms with Crippen molar-refractivity contribution in [1.29, 1.82) is 0 Å². The summed E-state index contributed by atoms with van der Waals surface area (Å²) in [5.74, 6) is 1.21. The molecule has 1 spiro atoms. The van der Waals surface area contributed by atoms with Crippen molar-refractivity contribution in [1.82, 2.24) is 19.4 Å². The maximum Gasteiger partial charge on any atom is 0.222 e. The van der Waals surface area contributed by atoms with Crippen LogP contribution in [-0.2, 0) is 17.9 Å². The average molecular weight is 330 g/mol. The summed E-state index contributed by atoms with van der Waals surface area (Å²) >= 11 is 0. The number of carbonyl (C=O) groups excluding carboxylic acids is 1. The standard InChI is InChI=1S/C19H30N4O/c1-2-22-15-20-11-17(22)13-21-9-7-19(8-10-21)6-5-18(24)23(14-19)12-16-3-4-16/h11,15-16H,2-10,12-14H2,1H3. The molecule has 0 unspecified atom stereocenters. The largest absolute Gasteiger partial charge is 0.342 e. The molecule has 5 nitrogen and oxygen atoms in total. The molecule has 5 heteroatoms. The highest BCUT2D eigenvalue weighted by Gasteiger charge is 2.42. The number of imidazole rings is 1. The molecule has 0 N–H and O–H groups in total. The van der Waals surface area contributed by atoms with Crippen molar-refractivity contribution in [2.45, 2.75) is 58.5 Å². The molecule has 132 valence electrons. The van der Waals surface area contributed by atoms with E-state index in [0.29, 0.717) is 11.3 Å². The minimum Gasteiger partial charge on any atom is -0.342 e. The first kappa shape index (κ1) is 16.1. The lowest BCUT2D eigenvalue weighted by Crippen LogP contribution is -2.51. The molecule has 24 heavy (non-hydrogen) atoms. The van der Waals surface area contributed by atoms with Crippen LogP contribution in [-0.4, -0.2) is 51.4 Å². The van der Waals surface area contributed by atoms with Crippen LogP contribution >= 0.6 is 0 Å². The van der Waals surface area contributed by atoms with E-state index in [9.17, 15) is 4.79 Å². The van der Waals surface area contributed by atoms with Crippen LogP contribution in [0.25, 0.3) is 0 Å². The predicted molar refractivity (Wildman–Crippen MR) is 93.4 cm³/mol. The smallest absolute Gasteiger partial charge is 0.222 e. The van der Waals surface area contributed by atoms with Gasteiger partial charge >= 0.3 is 0 Å². The lowest BCUT2D eigenvalue weighted by atomic mass is 9.72. The summed E-state index contributed by atoms with van der Waals surface area (Å²) in [5, 5.41) is 0. The number of hydrogen-bond donors (Lipinski definition) is 0.